The molecule has 2 heteroatoms. The number of hydrogen-bond donors (Lipinski definition) is 1. The molecule has 0 spiro atoms. The first-order valence-electron chi connectivity index (χ1n) is 10.4. The maximum absolute atomic E-state index is 11.7. The summed E-state index contributed by atoms with van der Waals surface area (Å²) in [6, 6.07) is 10.7. The maximum atomic E-state index is 11.7. The maximum Gasteiger partial charge on any atom is 0.309 e. The summed E-state index contributed by atoms with van der Waals surface area (Å²) in [5.41, 5.74) is 0.903. The van der Waals surface area contributed by atoms with E-state index in [1.165, 1.54) is 50.5 Å². The molecule has 1 rings (SSSR count). The van der Waals surface area contributed by atoms with Gasteiger partial charge < -0.3 is 5.11 Å². The second-order valence-corrected chi connectivity index (χ2v) is 7.78. The number of aryl methyl sites for hydroxylation is 1. The average molecular weight is 347 g/mol. The Labute approximate surface area is 155 Å². The Kier molecular flexibility index (Phi) is 11.3. The lowest BCUT2D eigenvalue weighted by Crippen LogP contribution is -2.27. The van der Waals surface area contributed by atoms with Gasteiger partial charge in [0.15, 0.2) is 0 Å². The van der Waals surface area contributed by atoms with Gasteiger partial charge in [-0.3, -0.25) is 4.79 Å². The van der Waals surface area contributed by atoms with Crippen LogP contribution in [0.4, 0.5) is 0 Å². The van der Waals surface area contributed by atoms with Crippen LogP contribution in [-0.2, 0) is 11.2 Å². The monoisotopic (exact) mass is 346 g/mol. The van der Waals surface area contributed by atoms with Crippen molar-refractivity contribution < 1.29 is 9.90 Å². The van der Waals surface area contributed by atoms with E-state index >= 15 is 0 Å². The van der Waals surface area contributed by atoms with E-state index in [0.29, 0.717) is 0 Å². The first-order chi connectivity index (χ1) is 12.1. The zero-order valence-electron chi connectivity index (χ0n) is 16.4. The Hall–Kier alpha value is -1.31. The summed E-state index contributed by atoms with van der Waals surface area (Å²) in [6.07, 6.45) is 14.7. The molecule has 25 heavy (non-hydrogen) atoms. The molecule has 0 saturated heterocycles. The summed E-state index contributed by atoms with van der Waals surface area (Å²) < 4.78 is 0. The fourth-order valence-corrected chi connectivity index (χ4v) is 3.48. The van der Waals surface area contributed by atoms with E-state index < -0.39 is 11.4 Å². The first kappa shape index (κ1) is 21.7. The number of rotatable bonds is 15. The average Bonchev–Trinajstić information content (AvgIpc) is 2.61. The zero-order chi connectivity index (χ0) is 18.4. The second-order valence-electron chi connectivity index (χ2n) is 7.78. The van der Waals surface area contributed by atoms with Crippen molar-refractivity contribution >= 4 is 5.97 Å². The topological polar surface area (TPSA) is 37.3 Å². The molecule has 1 N–H and O–H groups in total. The van der Waals surface area contributed by atoms with Crippen LogP contribution >= 0.6 is 0 Å². The Balaban J connectivity index is 2.12. The Bertz CT molecular complexity index is 454. The molecule has 0 saturated carbocycles. The van der Waals surface area contributed by atoms with Gasteiger partial charge in [0.2, 0.25) is 0 Å². The Morgan fingerprint density at radius 2 is 1.36 bits per heavy atom. The SMILES string of the molecule is CCCCCCCC(C)(CCCCCCCc1ccccc1)C(=O)O. The third-order valence-corrected chi connectivity index (χ3v) is 5.39. The van der Waals surface area contributed by atoms with Gasteiger partial charge in [-0.1, -0.05) is 95.0 Å². The van der Waals surface area contributed by atoms with Crippen molar-refractivity contribution in [3.05, 3.63) is 35.9 Å². The van der Waals surface area contributed by atoms with Crippen LogP contribution in [0.2, 0.25) is 0 Å². The predicted molar refractivity (Wildman–Crippen MR) is 107 cm³/mol. The molecule has 1 atom stereocenters. The molecule has 1 unspecified atom stereocenters. The van der Waals surface area contributed by atoms with E-state index in [4.69, 9.17) is 0 Å². The summed E-state index contributed by atoms with van der Waals surface area (Å²) in [5.74, 6) is -0.605. The van der Waals surface area contributed by atoms with Gasteiger partial charge >= 0.3 is 5.97 Å². The Morgan fingerprint density at radius 3 is 1.92 bits per heavy atom. The van der Waals surface area contributed by atoms with Crippen molar-refractivity contribution in [1.82, 2.24) is 0 Å². The predicted octanol–water partition coefficient (Wildman–Crippen LogP) is 7.02. The van der Waals surface area contributed by atoms with Crippen LogP contribution in [-0.4, -0.2) is 11.1 Å². The number of carbonyl (C=O) groups is 1. The summed E-state index contributed by atoms with van der Waals surface area (Å²) in [6.45, 7) is 4.16. The fourth-order valence-electron chi connectivity index (χ4n) is 3.48. The Morgan fingerprint density at radius 1 is 0.840 bits per heavy atom. The number of hydrogen-bond acceptors (Lipinski definition) is 1. The van der Waals surface area contributed by atoms with Gasteiger partial charge in [-0.15, -0.1) is 0 Å². The van der Waals surface area contributed by atoms with Gasteiger partial charge in [0.1, 0.15) is 0 Å². The molecular weight excluding hydrogens is 308 g/mol. The van der Waals surface area contributed by atoms with Gasteiger partial charge in [0.25, 0.3) is 0 Å². The molecule has 0 aromatic heterocycles. The van der Waals surface area contributed by atoms with Gasteiger partial charge in [-0.05, 0) is 38.2 Å². The smallest absolute Gasteiger partial charge is 0.309 e. The van der Waals surface area contributed by atoms with Gasteiger partial charge in [-0.25, -0.2) is 0 Å². The molecule has 142 valence electrons. The van der Waals surface area contributed by atoms with Crippen molar-refractivity contribution in [2.24, 2.45) is 5.41 Å². The third-order valence-electron chi connectivity index (χ3n) is 5.39. The highest BCUT2D eigenvalue weighted by atomic mass is 16.4. The van der Waals surface area contributed by atoms with Crippen LogP contribution in [0.1, 0.15) is 96.5 Å². The lowest BCUT2D eigenvalue weighted by Gasteiger charge is -2.24. The largest absolute Gasteiger partial charge is 0.481 e. The lowest BCUT2D eigenvalue weighted by atomic mass is 9.80. The van der Waals surface area contributed by atoms with Crippen molar-refractivity contribution in [2.75, 3.05) is 0 Å². The molecule has 0 aliphatic heterocycles. The van der Waals surface area contributed by atoms with E-state index in [-0.39, 0.29) is 0 Å². The number of carboxylic acids is 1. The summed E-state index contributed by atoms with van der Waals surface area (Å²) >= 11 is 0. The molecule has 0 amide bonds. The molecule has 0 fully saturated rings. The van der Waals surface area contributed by atoms with E-state index in [2.05, 4.69) is 37.3 Å². The first-order valence-corrected chi connectivity index (χ1v) is 10.4. The molecule has 0 aliphatic rings. The van der Waals surface area contributed by atoms with Crippen LogP contribution in [0.5, 0.6) is 0 Å². The highest BCUT2D eigenvalue weighted by Gasteiger charge is 2.31. The second kappa shape index (κ2) is 13.0. The third kappa shape index (κ3) is 9.67. The standard InChI is InChI=1S/C23H38O2/c1-3-4-5-8-14-19-23(2,22(24)25)20-15-9-6-7-11-16-21-17-12-10-13-18-21/h10,12-13,17-18H,3-9,11,14-16,19-20H2,1-2H3,(H,24,25). The van der Waals surface area contributed by atoms with E-state index in [0.717, 1.165) is 38.5 Å². The van der Waals surface area contributed by atoms with Crippen molar-refractivity contribution in [3.8, 4) is 0 Å². The van der Waals surface area contributed by atoms with E-state index in [1.54, 1.807) is 0 Å². The molecule has 0 bridgehead atoms. The zero-order valence-corrected chi connectivity index (χ0v) is 16.4. The highest BCUT2D eigenvalue weighted by Crippen LogP contribution is 2.31. The van der Waals surface area contributed by atoms with Crippen molar-refractivity contribution in [2.45, 2.75) is 97.3 Å². The number of carboxylic acid groups (broad SMARTS) is 1. The highest BCUT2D eigenvalue weighted by molar-refractivity contribution is 5.74. The summed E-state index contributed by atoms with van der Waals surface area (Å²) in [4.78, 5) is 11.7. The number of benzene rings is 1. The van der Waals surface area contributed by atoms with E-state index in [1.807, 2.05) is 6.92 Å². The van der Waals surface area contributed by atoms with Gasteiger partial charge in [0, 0.05) is 0 Å². The van der Waals surface area contributed by atoms with Crippen LogP contribution in [0.15, 0.2) is 30.3 Å². The van der Waals surface area contributed by atoms with Gasteiger partial charge in [-0.2, -0.15) is 0 Å². The minimum absolute atomic E-state index is 0.518. The van der Waals surface area contributed by atoms with Gasteiger partial charge in [0.05, 0.1) is 5.41 Å². The van der Waals surface area contributed by atoms with Crippen molar-refractivity contribution in [3.63, 3.8) is 0 Å². The molecule has 2 nitrogen and oxygen atoms in total. The molecule has 0 aliphatic carbocycles. The summed E-state index contributed by atoms with van der Waals surface area (Å²) in [5, 5.41) is 9.60. The lowest BCUT2D eigenvalue weighted by molar-refractivity contribution is -0.149. The fraction of sp³-hybridized carbons (Fsp3) is 0.696. The number of unbranched alkanes of at least 4 members (excludes halogenated alkanes) is 8. The molecule has 0 radical (unpaired) electrons. The molecular formula is C23H38O2. The minimum Gasteiger partial charge on any atom is -0.481 e. The normalized spacial score (nSPS) is 13.5. The quantitative estimate of drug-likeness (QED) is 0.346. The number of aliphatic carboxylic acids is 1. The molecule has 1 aromatic rings. The van der Waals surface area contributed by atoms with Crippen molar-refractivity contribution in [1.29, 1.82) is 0 Å². The van der Waals surface area contributed by atoms with Crippen LogP contribution in [0.3, 0.4) is 0 Å². The molecule has 1 aromatic carbocycles. The summed E-state index contributed by atoms with van der Waals surface area (Å²) in [7, 11) is 0. The van der Waals surface area contributed by atoms with Crippen LogP contribution in [0, 0.1) is 5.41 Å². The minimum atomic E-state index is -0.605. The van der Waals surface area contributed by atoms with Crippen LogP contribution in [0.25, 0.3) is 0 Å². The van der Waals surface area contributed by atoms with Crippen LogP contribution < -0.4 is 0 Å². The van der Waals surface area contributed by atoms with E-state index in [9.17, 15) is 9.90 Å². The molecule has 0 heterocycles.